The normalized spacial score (nSPS) is 20.5. The molecule has 0 amide bonds. The number of hydrogen-bond donors (Lipinski definition) is 1. The predicted octanol–water partition coefficient (Wildman–Crippen LogP) is 2.47. The summed E-state index contributed by atoms with van der Waals surface area (Å²) in [4.78, 5) is 17.0. The minimum atomic E-state index is -0.438. The summed E-state index contributed by atoms with van der Waals surface area (Å²) in [5.41, 5.74) is 1.09. The molecule has 0 saturated carbocycles. The molecule has 1 saturated heterocycles. The van der Waals surface area contributed by atoms with Gasteiger partial charge in [0.1, 0.15) is 5.52 Å². The van der Waals surface area contributed by atoms with E-state index < -0.39 is 4.92 Å². The van der Waals surface area contributed by atoms with Crippen LogP contribution in [-0.4, -0.2) is 38.6 Å². The highest BCUT2D eigenvalue weighted by molar-refractivity contribution is 5.75. The molecule has 1 aliphatic rings. The van der Waals surface area contributed by atoms with Crippen LogP contribution in [-0.2, 0) is 6.54 Å². The fourth-order valence-corrected chi connectivity index (χ4v) is 3.08. The van der Waals surface area contributed by atoms with Gasteiger partial charge in [0, 0.05) is 18.2 Å². The van der Waals surface area contributed by atoms with Gasteiger partial charge in [-0.05, 0) is 38.8 Å². The monoisotopic (exact) mass is 305 g/mol. The smallest absolute Gasteiger partial charge is 0.271 e. The summed E-state index contributed by atoms with van der Waals surface area (Å²) in [6.45, 7) is 3.32. The topological polar surface area (TPSA) is 92.6 Å². The number of nitro benzene ring substituents is 1. The third-order valence-electron chi connectivity index (χ3n) is 4.08. The molecule has 2 heterocycles. The Morgan fingerprint density at radius 3 is 3.14 bits per heavy atom. The highest BCUT2D eigenvalue weighted by atomic mass is 16.6. The number of oxazole rings is 1. The summed E-state index contributed by atoms with van der Waals surface area (Å²) < 4.78 is 5.68. The van der Waals surface area contributed by atoms with Gasteiger partial charge in [-0.25, -0.2) is 4.98 Å². The van der Waals surface area contributed by atoms with Gasteiger partial charge in [-0.15, -0.1) is 0 Å². The predicted molar refractivity (Wildman–Crippen MR) is 80.4 cm³/mol. The lowest BCUT2D eigenvalue weighted by atomic mass is 10.1. The molecule has 7 nitrogen and oxygen atoms in total. The minimum Gasteiger partial charge on any atom is -0.439 e. The molecule has 1 fully saturated rings. The fraction of sp³-hybridized carbons (Fsp3) is 0.533. The number of hydrogen-bond acceptors (Lipinski definition) is 6. The van der Waals surface area contributed by atoms with Crippen LogP contribution in [0.4, 0.5) is 5.69 Å². The van der Waals surface area contributed by atoms with Crippen molar-refractivity contribution in [1.82, 2.24) is 9.88 Å². The number of benzene rings is 1. The zero-order valence-corrected chi connectivity index (χ0v) is 12.4. The lowest BCUT2D eigenvalue weighted by Crippen LogP contribution is -2.31. The number of aliphatic hydroxyl groups excluding tert-OH is 1. The summed E-state index contributed by atoms with van der Waals surface area (Å²) >= 11 is 0. The van der Waals surface area contributed by atoms with Crippen LogP contribution in [0.15, 0.2) is 22.6 Å². The van der Waals surface area contributed by atoms with Gasteiger partial charge in [-0.2, -0.15) is 0 Å². The third-order valence-corrected chi connectivity index (χ3v) is 4.08. The summed E-state index contributed by atoms with van der Waals surface area (Å²) in [7, 11) is 0. The average molecular weight is 305 g/mol. The standard InChI is InChI=1S/C15H19N3O4/c1-10(19)7-11-3-2-6-17(11)9-15-16-13-8-12(18(20)21)4-5-14(13)22-15/h4-5,8,10-11,19H,2-3,6-7,9H2,1H3. The van der Waals surface area contributed by atoms with Crippen LogP contribution in [0.1, 0.15) is 32.1 Å². The van der Waals surface area contributed by atoms with Crippen molar-refractivity contribution in [2.45, 2.75) is 44.9 Å². The second kappa shape index (κ2) is 6.02. The van der Waals surface area contributed by atoms with Gasteiger partial charge >= 0.3 is 0 Å². The van der Waals surface area contributed by atoms with E-state index in [1.54, 1.807) is 13.0 Å². The first-order valence-corrected chi connectivity index (χ1v) is 7.49. The van der Waals surface area contributed by atoms with Crippen molar-refractivity contribution >= 4 is 16.8 Å². The van der Waals surface area contributed by atoms with E-state index >= 15 is 0 Å². The highest BCUT2D eigenvalue weighted by Gasteiger charge is 2.27. The Kier molecular flexibility index (Phi) is 4.08. The fourth-order valence-electron chi connectivity index (χ4n) is 3.08. The number of nitro groups is 1. The van der Waals surface area contributed by atoms with Gasteiger partial charge in [-0.1, -0.05) is 0 Å². The highest BCUT2D eigenvalue weighted by Crippen LogP contribution is 2.26. The quantitative estimate of drug-likeness (QED) is 0.674. The van der Waals surface area contributed by atoms with E-state index in [2.05, 4.69) is 9.88 Å². The molecule has 0 bridgehead atoms. The van der Waals surface area contributed by atoms with Crippen LogP contribution >= 0.6 is 0 Å². The van der Waals surface area contributed by atoms with Crippen molar-refractivity contribution in [2.75, 3.05) is 6.54 Å². The molecule has 118 valence electrons. The lowest BCUT2D eigenvalue weighted by Gasteiger charge is -2.23. The van der Waals surface area contributed by atoms with E-state index in [0.717, 1.165) is 25.8 Å². The molecule has 1 aromatic carbocycles. The molecule has 0 aliphatic carbocycles. The molecule has 0 radical (unpaired) electrons. The molecule has 1 N–H and O–H groups in total. The zero-order valence-electron chi connectivity index (χ0n) is 12.4. The van der Waals surface area contributed by atoms with E-state index in [0.29, 0.717) is 29.6 Å². The molecule has 2 unspecified atom stereocenters. The number of fused-ring (bicyclic) bond motifs is 1. The Balaban J connectivity index is 1.77. The van der Waals surface area contributed by atoms with Gasteiger partial charge in [0.05, 0.1) is 17.6 Å². The molecule has 3 rings (SSSR count). The largest absolute Gasteiger partial charge is 0.439 e. The van der Waals surface area contributed by atoms with E-state index in [4.69, 9.17) is 4.42 Å². The Morgan fingerprint density at radius 2 is 2.41 bits per heavy atom. The Hall–Kier alpha value is -1.99. The summed E-state index contributed by atoms with van der Waals surface area (Å²) in [6.07, 6.45) is 2.59. The molecule has 22 heavy (non-hydrogen) atoms. The second-order valence-corrected chi connectivity index (χ2v) is 5.87. The first-order chi connectivity index (χ1) is 10.5. The average Bonchev–Trinajstić information content (AvgIpc) is 3.04. The van der Waals surface area contributed by atoms with Crippen molar-refractivity contribution in [3.63, 3.8) is 0 Å². The lowest BCUT2D eigenvalue weighted by molar-refractivity contribution is -0.384. The number of aliphatic hydroxyl groups is 1. The molecule has 1 aliphatic heterocycles. The third kappa shape index (κ3) is 3.10. The number of rotatable bonds is 5. The maximum absolute atomic E-state index is 10.8. The number of aromatic nitrogens is 1. The maximum Gasteiger partial charge on any atom is 0.271 e. The second-order valence-electron chi connectivity index (χ2n) is 5.87. The van der Waals surface area contributed by atoms with E-state index in [9.17, 15) is 15.2 Å². The van der Waals surface area contributed by atoms with Gasteiger partial charge in [0.15, 0.2) is 5.58 Å². The van der Waals surface area contributed by atoms with Gasteiger partial charge < -0.3 is 9.52 Å². The van der Waals surface area contributed by atoms with Crippen LogP contribution in [0.2, 0.25) is 0 Å². The summed E-state index contributed by atoms with van der Waals surface area (Å²) in [5, 5.41) is 20.4. The van der Waals surface area contributed by atoms with Crippen molar-refractivity contribution in [3.05, 3.63) is 34.2 Å². The Morgan fingerprint density at radius 1 is 1.59 bits per heavy atom. The van der Waals surface area contributed by atoms with Crippen LogP contribution < -0.4 is 0 Å². The van der Waals surface area contributed by atoms with Crippen molar-refractivity contribution in [2.24, 2.45) is 0 Å². The minimum absolute atomic E-state index is 0.0144. The Bertz CT molecular complexity index is 682. The van der Waals surface area contributed by atoms with Crippen LogP contribution in [0.3, 0.4) is 0 Å². The van der Waals surface area contributed by atoms with Crippen molar-refractivity contribution < 1.29 is 14.4 Å². The van der Waals surface area contributed by atoms with E-state index in [-0.39, 0.29) is 11.8 Å². The summed E-state index contributed by atoms with van der Waals surface area (Å²) in [6, 6.07) is 4.77. The zero-order chi connectivity index (χ0) is 15.7. The first-order valence-electron chi connectivity index (χ1n) is 7.49. The van der Waals surface area contributed by atoms with Crippen LogP contribution in [0.25, 0.3) is 11.1 Å². The number of non-ortho nitro benzene ring substituents is 1. The molecule has 1 aromatic heterocycles. The van der Waals surface area contributed by atoms with E-state index in [1.807, 2.05) is 0 Å². The SMILES string of the molecule is CC(O)CC1CCCN1Cc1nc2cc([N+](=O)[O-])ccc2o1. The van der Waals surface area contributed by atoms with Gasteiger partial charge in [0.2, 0.25) is 5.89 Å². The molecular formula is C15H19N3O4. The van der Waals surface area contributed by atoms with Gasteiger partial charge in [0.25, 0.3) is 5.69 Å². The molecule has 2 aromatic rings. The molecular weight excluding hydrogens is 286 g/mol. The molecule has 2 atom stereocenters. The Labute approximate surface area is 127 Å². The van der Waals surface area contributed by atoms with Gasteiger partial charge in [-0.3, -0.25) is 15.0 Å². The molecule has 7 heteroatoms. The maximum atomic E-state index is 10.8. The van der Waals surface area contributed by atoms with Crippen molar-refractivity contribution in [1.29, 1.82) is 0 Å². The number of likely N-dealkylation sites (tertiary alicyclic amines) is 1. The number of nitrogens with zero attached hydrogens (tertiary/aromatic N) is 3. The van der Waals surface area contributed by atoms with Crippen LogP contribution in [0.5, 0.6) is 0 Å². The first kappa shape index (κ1) is 14.9. The van der Waals surface area contributed by atoms with Crippen molar-refractivity contribution in [3.8, 4) is 0 Å². The summed E-state index contributed by atoms with van der Waals surface area (Å²) in [5.74, 6) is 0.563. The molecule has 0 spiro atoms. The van der Waals surface area contributed by atoms with E-state index in [1.165, 1.54) is 12.1 Å². The van der Waals surface area contributed by atoms with Crippen LogP contribution in [0, 0.1) is 10.1 Å².